The van der Waals surface area contributed by atoms with Crippen LogP contribution in [0.4, 0.5) is 4.39 Å². The van der Waals surface area contributed by atoms with Crippen molar-refractivity contribution in [2.75, 3.05) is 20.3 Å². The van der Waals surface area contributed by atoms with E-state index in [-0.39, 0.29) is 24.3 Å². The second-order valence-electron chi connectivity index (χ2n) is 7.81. The first kappa shape index (κ1) is 23.8. The monoisotopic (exact) mass is 482 g/mol. The van der Waals surface area contributed by atoms with Crippen LogP contribution in [0.1, 0.15) is 21.5 Å². The lowest BCUT2D eigenvalue weighted by atomic mass is 9.99. The van der Waals surface area contributed by atoms with Crippen molar-refractivity contribution in [1.29, 1.82) is 0 Å². The second kappa shape index (κ2) is 10.7. The number of ether oxygens (including phenoxy) is 1. The van der Waals surface area contributed by atoms with E-state index in [9.17, 15) is 14.3 Å². The van der Waals surface area contributed by atoms with Crippen LogP contribution in [0.5, 0.6) is 0 Å². The molecule has 1 aromatic heterocycles. The van der Waals surface area contributed by atoms with Crippen LogP contribution in [0, 0.1) is 5.82 Å². The van der Waals surface area contributed by atoms with Crippen LogP contribution in [0.25, 0.3) is 5.57 Å². The number of aliphatic imine (C=N–C) groups is 1. The molecule has 3 aromatic rings. The first-order valence-corrected chi connectivity index (χ1v) is 11.1. The molecule has 34 heavy (non-hydrogen) atoms. The Hall–Kier alpha value is -3.33. The average Bonchev–Trinajstić information content (AvgIpc) is 3.52. The molecule has 0 spiro atoms. The van der Waals surface area contributed by atoms with Crippen molar-refractivity contribution in [3.63, 3.8) is 0 Å². The number of amides is 1. The van der Waals surface area contributed by atoms with Gasteiger partial charge in [0.1, 0.15) is 11.9 Å². The number of benzene rings is 2. The van der Waals surface area contributed by atoms with Gasteiger partial charge in [0.05, 0.1) is 37.0 Å². The zero-order valence-electron chi connectivity index (χ0n) is 18.5. The summed E-state index contributed by atoms with van der Waals surface area (Å²) in [4.78, 5) is 17.8. The van der Waals surface area contributed by atoms with E-state index in [1.165, 1.54) is 19.2 Å². The van der Waals surface area contributed by atoms with Crippen LogP contribution in [0.2, 0.25) is 5.02 Å². The minimum Gasteiger partial charge on any atom is -0.394 e. The Balaban J connectivity index is 1.62. The smallest absolute Gasteiger partial charge is 0.252 e. The number of aliphatic hydroxyl groups excluding tert-OH is 1. The summed E-state index contributed by atoms with van der Waals surface area (Å²) in [5, 5.41) is 17.4. The van der Waals surface area contributed by atoms with Crippen molar-refractivity contribution in [1.82, 2.24) is 15.1 Å². The molecule has 0 saturated heterocycles. The summed E-state index contributed by atoms with van der Waals surface area (Å²) in [6.07, 6.45) is 4.47. The summed E-state index contributed by atoms with van der Waals surface area (Å²) in [6.45, 7) is 0.327. The highest BCUT2D eigenvalue weighted by Gasteiger charge is 2.27. The number of halogens is 2. The molecule has 2 heterocycles. The highest BCUT2D eigenvalue weighted by atomic mass is 35.5. The predicted molar refractivity (Wildman–Crippen MR) is 129 cm³/mol. The van der Waals surface area contributed by atoms with Crippen LogP contribution < -0.4 is 5.32 Å². The van der Waals surface area contributed by atoms with E-state index >= 15 is 0 Å². The third kappa shape index (κ3) is 5.25. The molecular formula is C25H24ClFN4O3. The number of nitrogens with one attached hydrogen (secondary N) is 1. The van der Waals surface area contributed by atoms with Crippen molar-refractivity contribution >= 4 is 28.8 Å². The molecule has 0 radical (unpaired) electrons. The molecule has 1 aliphatic heterocycles. The zero-order chi connectivity index (χ0) is 24.1. The minimum absolute atomic E-state index is 0.125. The summed E-state index contributed by atoms with van der Waals surface area (Å²) < 4.78 is 22.0. The maximum Gasteiger partial charge on any atom is 0.252 e. The molecule has 4 rings (SSSR count). The summed E-state index contributed by atoms with van der Waals surface area (Å²) in [7, 11) is 1.45. The van der Waals surface area contributed by atoms with Gasteiger partial charge < -0.3 is 15.2 Å². The summed E-state index contributed by atoms with van der Waals surface area (Å²) in [5.74, 6) is -1.05. The normalized spacial score (nSPS) is 14.9. The van der Waals surface area contributed by atoms with Gasteiger partial charge in [-0.05, 0) is 47.5 Å². The van der Waals surface area contributed by atoms with Crippen LogP contribution in [-0.2, 0) is 11.3 Å². The van der Waals surface area contributed by atoms with Crippen LogP contribution in [-0.4, -0.2) is 58.9 Å². The summed E-state index contributed by atoms with van der Waals surface area (Å²) >= 11 is 5.98. The number of allylic oxidation sites excluding steroid dienone is 1. The fraction of sp³-hybridized carbons (Fsp3) is 0.240. The number of carbonyl (C=O) groups is 1. The molecule has 2 N–H and O–H groups in total. The van der Waals surface area contributed by atoms with E-state index in [0.717, 1.165) is 11.1 Å². The van der Waals surface area contributed by atoms with Gasteiger partial charge in [0.2, 0.25) is 0 Å². The SMILES string of the molecule is CO[C@H](CO)[C@@H](Cn1cccn1)NC(=O)c1cccc(F)c1C1=NCC(c2ccc(Cl)cc2)=C1. The lowest BCUT2D eigenvalue weighted by Gasteiger charge is -2.26. The third-order valence-electron chi connectivity index (χ3n) is 5.65. The summed E-state index contributed by atoms with van der Waals surface area (Å²) in [5.41, 5.74) is 2.49. The molecule has 2 aromatic carbocycles. The zero-order valence-corrected chi connectivity index (χ0v) is 19.2. The van der Waals surface area contributed by atoms with Gasteiger partial charge in [-0.1, -0.05) is 29.8 Å². The second-order valence-corrected chi connectivity index (χ2v) is 8.24. The average molecular weight is 483 g/mol. The largest absolute Gasteiger partial charge is 0.394 e. The molecule has 1 aliphatic rings. The van der Waals surface area contributed by atoms with Crippen molar-refractivity contribution in [2.24, 2.45) is 4.99 Å². The predicted octanol–water partition coefficient (Wildman–Crippen LogP) is 3.37. The minimum atomic E-state index is -0.676. The van der Waals surface area contributed by atoms with Gasteiger partial charge >= 0.3 is 0 Å². The number of carbonyl (C=O) groups excluding carboxylic acids is 1. The molecule has 2 atom stereocenters. The number of hydrogen-bond acceptors (Lipinski definition) is 5. The highest BCUT2D eigenvalue weighted by molar-refractivity contribution is 6.30. The van der Waals surface area contributed by atoms with E-state index in [2.05, 4.69) is 15.4 Å². The van der Waals surface area contributed by atoms with Gasteiger partial charge in [0, 0.05) is 30.1 Å². The van der Waals surface area contributed by atoms with Crippen molar-refractivity contribution in [2.45, 2.75) is 18.7 Å². The maximum absolute atomic E-state index is 15.0. The van der Waals surface area contributed by atoms with Gasteiger partial charge in [0.25, 0.3) is 5.91 Å². The number of rotatable bonds is 9. The van der Waals surface area contributed by atoms with Crippen LogP contribution in [0.15, 0.2) is 72.0 Å². The molecular weight excluding hydrogens is 459 g/mol. The molecule has 0 aliphatic carbocycles. The van der Waals surface area contributed by atoms with Crippen molar-refractivity contribution in [3.05, 3.63) is 94.5 Å². The van der Waals surface area contributed by atoms with Crippen molar-refractivity contribution < 1.29 is 19.0 Å². The van der Waals surface area contributed by atoms with Crippen LogP contribution in [0.3, 0.4) is 0 Å². The Morgan fingerprint density at radius 2 is 2.06 bits per heavy atom. The Bertz CT molecular complexity index is 1210. The Morgan fingerprint density at radius 3 is 2.74 bits per heavy atom. The standard InChI is InChI=1S/C25H24ClFN4O3/c1-34-23(15-32)22(14-31-11-3-10-29-31)30-25(33)19-4-2-5-20(27)24(19)21-12-17(13-28-21)16-6-8-18(26)9-7-16/h2-12,22-23,32H,13-15H2,1H3,(H,30,33)/t22-,23-/m1/s1. The molecule has 0 fully saturated rings. The molecule has 0 bridgehead atoms. The Labute approximate surface area is 201 Å². The fourth-order valence-electron chi connectivity index (χ4n) is 3.87. The molecule has 7 nitrogen and oxygen atoms in total. The molecule has 0 saturated carbocycles. The van der Waals surface area contributed by atoms with E-state index < -0.39 is 23.9 Å². The van der Waals surface area contributed by atoms with Crippen LogP contribution >= 0.6 is 11.6 Å². The lowest BCUT2D eigenvalue weighted by Crippen LogP contribution is -2.48. The van der Waals surface area contributed by atoms with Gasteiger partial charge in [-0.2, -0.15) is 5.10 Å². The van der Waals surface area contributed by atoms with Gasteiger partial charge in [-0.3, -0.25) is 14.5 Å². The number of aliphatic hydroxyl groups is 1. The first-order valence-electron chi connectivity index (χ1n) is 10.7. The maximum atomic E-state index is 15.0. The third-order valence-corrected chi connectivity index (χ3v) is 5.90. The lowest BCUT2D eigenvalue weighted by molar-refractivity contribution is 0.0166. The molecule has 1 amide bonds. The van der Waals surface area contributed by atoms with Gasteiger partial charge in [0.15, 0.2) is 0 Å². The highest BCUT2D eigenvalue weighted by Crippen LogP contribution is 2.26. The topological polar surface area (TPSA) is 88.7 Å². The number of nitrogens with zero attached hydrogens (tertiary/aromatic N) is 3. The van der Waals surface area contributed by atoms with E-state index in [0.29, 0.717) is 17.3 Å². The van der Waals surface area contributed by atoms with E-state index in [1.54, 1.807) is 47.4 Å². The van der Waals surface area contributed by atoms with Gasteiger partial charge in [-0.25, -0.2) is 4.39 Å². The quantitative estimate of drug-likeness (QED) is 0.489. The number of methoxy groups -OCH3 is 1. The molecule has 176 valence electrons. The molecule has 9 heteroatoms. The Morgan fingerprint density at radius 1 is 1.26 bits per heavy atom. The van der Waals surface area contributed by atoms with E-state index in [1.807, 2.05) is 12.1 Å². The fourth-order valence-corrected chi connectivity index (χ4v) is 3.99. The molecule has 0 unspecified atom stereocenters. The Kier molecular flexibility index (Phi) is 7.52. The van der Waals surface area contributed by atoms with E-state index in [4.69, 9.17) is 16.3 Å². The number of hydrogen-bond donors (Lipinski definition) is 2. The number of aromatic nitrogens is 2. The van der Waals surface area contributed by atoms with Gasteiger partial charge in [-0.15, -0.1) is 0 Å². The first-order chi connectivity index (χ1) is 16.5. The summed E-state index contributed by atoms with van der Waals surface area (Å²) in [6, 6.07) is 12.8. The van der Waals surface area contributed by atoms with Crippen molar-refractivity contribution in [3.8, 4) is 0 Å².